The fourth-order valence-electron chi connectivity index (χ4n) is 1.13. The van der Waals surface area contributed by atoms with Gasteiger partial charge >= 0.3 is 7.12 Å². The summed E-state index contributed by atoms with van der Waals surface area (Å²) in [5.74, 6) is -0.346. The summed E-state index contributed by atoms with van der Waals surface area (Å²) in [6, 6.07) is 3.81. The third-order valence-corrected chi connectivity index (χ3v) is 1.94. The van der Waals surface area contributed by atoms with E-state index in [4.69, 9.17) is 14.8 Å². The molecule has 5 heteroatoms. The maximum Gasteiger partial charge on any atom is 0.491 e. The lowest BCUT2D eigenvalue weighted by molar-refractivity contribution is 0.409. The summed E-state index contributed by atoms with van der Waals surface area (Å²) in [7, 11) is -0.375. The molecule has 0 saturated carbocycles. The second-order valence-electron chi connectivity index (χ2n) is 3.61. The molecule has 0 spiro atoms. The van der Waals surface area contributed by atoms with Gasteiger partial charge in [-0.2, -0.15) is 0 Å². The first-order valence-electron chi connectivity index (χ1n) is 7.40. The Morgan fingerprint density at radius 1 is 1.23 bits per heavy atom. The number of methoxy groups -OCH3 is 1. The van der Waals surface area contributed by atoms with Gasteiger partial charge in [-0.05, 0) is 19.9 Å². The van der Waals surface area contributed by atoms with Crippen LogP contribution in [0.1, 0.15) is 41.5 Å². The van der Waals surface area contributed by atoms with E-state index in [1.165, 1.54) is 19.2 Å². The van der Waals surface area contributed by atoms with Crippen molar-refractivity contribution >= 4 is 12.6 Å². The highest BCUT2D eigenvalue weighted by atomic mass is 19.1. The number of halogens is 1. The molecule has 1 aromatic carbocycles. The van der Waals surface area contributed by atoms with Crippen LogP contribution in [0.2, 0.25) is 0 Å². The number of ether oxygens (including phenoxy) is 1. The molecule has 0 unspecified atom stereocenters. The first-order chi connectivity index (χ1) is 10.4. The highest BCUT2D eigenvalue weighted by Gasteiger charge is 2.16. The van der Waals surface area contributed by atoms with Gasteiger partial charge in [0.05, 0.1) is 7.11 Å². The van der Waals surface area contributed by atoms with E-state index in [2.05, 4.69) is 6.58 Å². The van der Waals surface area contributed by atoms with E-state index >= 15 is 0 Å². The average Bonchev–Trinajstić information content (AvgIpc) is 2.51. The molecular formula is C17H30BFO3. The van der Waals surface area contributed by atoms with Gasteiger partial charge in [-0.1, -0.05) is 58.1 Å². The van der Waals surface area contributed by atoms with Crippen molar-refractivity contribution in [2.45, 2.75) is 41.5 Å². The lowest BCUT2D eigenvalue weighted by Crippen LogP contribution is -2.32. The van der Waals surface area contributed by atoms with Gasteiger partial charge in [0.25, 0.3) is 0 Å². The number of allylic oxidation sites excluding steroid dienone is 3. The third kappa shape index (κ3) is 13.4. The Morgan fingerprint density at radius 3 is 1.95 bits per heavy atom. The number of hydrogen-bond acceptors (Lipinski definition) is 3. The molecule has 0 aromatic heterocycles. The Kier molecular flexibility index (Phi) is 20.1. The van der Waals surface area contributed by atoms with Crippen LogP contribution in [0, 0.1) is 5.82 Å². The second-order valence-corrected chi connectivity index (χ2v) is 3.61. The van der Waals surface area contributed by atoms with Crippen molar-refractivity contribution in [3.05, 3.63) is 48.3 Å². The van der Waals surface area contributed by atoms with Crippen molar-refractivity contribution in [3.8, 4) is 5.75 Å². The normalized spacial score (nSPS) is 8.45. The van der Waals surface area contributed by atoms with E-state index in [1.54, 1.807) is 0 Å². The molecule has 1 rings (SSSR count). The summed E-state index contributed by atoms with van der Waals surface area (Å²) in [6.07, 6.45) is 3.95. The Balaban J connectivity index is -0.000000306. The van der Waals surface area contributed by atoms with Crippen molar-refractivity contribution in [2.75, 3.05) is 7.11 Å². The van der Waals surface area contributed by atoms with Gasteiger partial charge in [0.15, 0.2) is 0 Å². The Hall–Kier alpha value is -1.59. The first kappa shape index (κ1) is 25.4. The van der Waals surface area contributed by atoms with Crippen molar-refractivity contribution in [3.63, 3.8) is 0 Å². The molecule has 0 radical (unpaired) electrons. The number of hydrogen-bond donors (Lipinski definition) is 2. The number of benzene rings is 1. The zero-order valence-corrected chi connectivity index (χ0v) is 14.9. The molecule has 3 nitrogen and oxygen atoms in total. The molecule has 0 bridgehead atoms. The Labute approximate surface area is 135 Å². The van der Waals surface area contributed by atoms with Crippen LogP contribution in [0.5, 0.6) is 5.75 Å². The average molecular weight is 312 g/mol. The topological polar surface area (TPSA) is 49.7 Å². The summed E-state index contributed by atoms with van der Waals surface area (Å²) >= 11 is 0. The minimum atomic E-state index is -1.78. The van der Waals surface area contributed by atoms with Crippen LogP contribution < -0.4 is 10.2 Å². The summed E-state index contributed by atoms with van der Waals surface area (Å²) in [4.78, 5) is 0. The smallest absolute Gasteiger partial charge is 0.491 e. The van der Waals surface area contributed by atoms with Crippen LogP contribution in [-0.4, -0.2) is 24.3 Å². The second kappa shape index (κ2) is 17.5. The van der Waals surface area contributed by atoms with Crippen molar-refractivity contribution < 1.29 is 19.2 Å². The van der Waals surface area contributed by atoms with E-state index in [-0.39, 0.29) is 5.46 Å². The van der Waals surface area contributed by atoms with Gasteiger partial charge in [0.2, 0.25) is 0 Å². The molecule has 0 aliphatic heterocycles. The maximum absolute atomic E-state index is 12.9. The van der Waals surface area contributed by atoms with Crippen LogP contribution in [-0.2, 0) is 0 Å². The third-order valence-electron chi connectivity index (χ3n) is 1.94. The highest BCUT2D eigenvalue weighted by molar-refractivity contribution is 6.58. The zero-order chi connectivity index (χ0) is 18.1. The maximum atomic E-state index is 12.9. The van der Waals surface area contributed by atoms with Crippen LogP contribution >= 0.6 is 0 Å². The summed E-state index contributed by atoms with van der Waals surface area (Å²) in [5, 5.41) is 17.3. The molecular weight excluding hydrogens is 282 g/mol. The van der Waals surface area contributed by atoms with Crippen LogP contribution in [0.4, 0.5) is 4.39 Å². The highest BCUT2D eigenvalue weighted by Crippen LogP contribution is 2.09. The Bertz CT molecular complexity index is 418. The van der Waals surface area contributed by atoms with Crippen molar-refractivity contribution in [1.82, 2.24) is 0 Å². The monoisotopic (exact) mass is 312 g/mol. The van der Waals surface area contributed by atoms with Gasteiger partial charge in [-0.15, -0.1) is 0 Å². The predicted molar refractivity (Wildman–Crippen MR) is 95.1 cm³/mol. The van der Waals surface area contributed by atoms with E-state index in [0.29, 0.717) is 5.75 Å². The molecule has 2 N–H and O–H groups in total. The summed E-state index contributed by atoms with van der Waals surface area (Å²) < 4.78 is 17.6. The van der Waals surface area contributed by atoms with E-state index in [0.717, 1.165) is 11.6 Å². The molecule has 22 heavy (non-hydrogen) atoms. The zero-order valence-electron chi connectivity index (χ0n) is 14.9. The van der Waals surface area contributed by atoms with Gasteiger partial charge in [-0.3, -0.25) is 0 Å². The molecule has 0 atom stereocenters. The SMILES string of the molecule is C=C(C)/C=C\C.CC.CC.COc1ccc(B(O)O)c(F)c1. The van der Waals surface area contributed by atoms with E-state index in [9.17, 15) is 4.39 Å². The molecule has 0 fully saturated rings. The lowest BCUT2D eigenvalue weighted by Gasteiger charge is -2.03. The van der Waals surface area contributed by atoms with Crippen molar-refractivity contribution in [1.29, 1.82) is 0 Å². The van der Waals surface area contributed by atoms with Gasteiger partial charge in [0.1, 0.15) is 11.6 Å². The van der Waals surface area contributed by atoms with Crippen LogP contribution in [0.15, 0.2) is 42.5 Å². The lowest BCUT2D eigenvalue weighted by atomic mass is 9.80. The Morgan fingerprint density at radius 2 is 1.73 bits per heavy atom. The number of rotatable bonds is 3. The summed E-state index contributed by atoms with van der Waals surface area (Å²) in [5.41, 5.74) is 0.952. The molecule has 126 valence electrons. The largest absolute Gasteiger partial charge is 0.497 e. The van der Waals surface area contributed by atoms with Crippen LogP contribution in [0.25, 0.3) is 0 Å². The first-order valence-corrected chi connectivity index (χ1v) is 7.40. The fourth-order valence-corrected chi connectivity index (χ4v) is 1.13. The summed E-state index contributed by atoms with van der Waals surface area (Å²) in [6.45, 7) is 15.6. The standard InChI is InChI=1S/C7H8BFO3.C6H10.2C2H6/c1-12-5-2-3-6(8(10)11)7(9)4-5;1-4-5-6(2)3;2*1-2/h2-4,10-11H,1H3;4-5H,2H2,1,3H3;2*1-2H3/b;5-4-;;. The minimum absolute atomic E-state index is 0.157. The fraction of sp³-hybridized carbons (Fsp3) is 0.412. The van der Waals surface area contributed by atoms with Gasteiger partial charge < -0.3 is 14.8 Å². The molecule has 0 amide bonds. The van der Waals surface area contributed by atoms with Crippen molar-refractivity contribution in [2.24, 2.45) is 0 Å². The minimum Gasteiger partial charge on any atom is -0.497 e. The van der Waals surface area contributed by atoms with Gasteiger partial charge in [-0.25, -0.2) is 4.39 Å². The predicted octanol–water partition coefficient (Wildman–Crippen LogP) is 3.71. The quantitative estimate of drug-likeness (QED) is 0.661. The molecule has 1 aromatic rings. The molecule has 0 aliphatic carbocycles. The van der Waals surface area contributed by atoms with Crippen LogP contribution in [0.3, 0.4) is 0 Å². The molecule has 0 heterocycles. The van der Waals surface area contributed by atoms with E-state index in [1.807, 2.05) is 53.7 Å². The van der Waals surface area contributed by atoms with E-state index < -0.39 is 12.9 Å². The molecule has 0 saturated heterocycles. The van der Waals surface area contributed by atoms with Gasteiger partial charge in [0, 0.05) is 11.5 Å². The molecule has 0 aliphatic rings.